The van der Waals surface area contributed by atoms with E-state index in [1.54, 1.807) is 22.8 Å². The summed E-state index contributed by atoms with van der Waals surface area (Å²) >= 11 is 6.66. The van der Waals surface area contributed by atoms with Crippen molar-refractivity contribution in [3.63, 3.8) is 0 Å². The lowest BCUT2D eigenvalue weighted by Gasteiger charge is -2.15. The zero-order valence-electron chi connectivity index (χ0n) is 17.1. The highest BCUT2D eigenvalue weighted by molar-refractivity contribution is 7.99. The van der Waals surface area contributed by atoms with Gasteiger partial charge in [-0.15, -0.1) is 10.2 Å². The zero-order chi connectivity index (χ0) is 23.5. The van der Waals surface area contributed by atoms with E-state index in [0.29, 0.717) is 17.5 Å². The van der Waals surface area contributed by atoms with E-state index in [-0.39, 0.29) is 27.9 Å². The second-order valence-electron chi connectivity index (χ2n) is 7.31. The van der Waals surface area contributed by atoms with Crippen LogP contribution in [-0.2, 0) is 17.5 Å². The lowest BCUT2D eigenvalue weighted by atomic mass is 10.1. The second-order valence-corrected chi connectivity index (χ2v) is 8.69. The number of aromatic nitrogens is 3. The number of thioether (sulfide) groups is 1. The summed E-state index contributed by atoms with van der Waals surface area (Å²) in [5.41, 5.74) is -1.15. The van der Waals surface area contributed by atoms with Gasteiger partial charge in [0.25, 0.3) is 0 Å². The van der Waals surface area contributed by atoms with Gasteiger partial charge >= 0.3 is 6.18 Å². The van der Waals surface area contributed by atoms with Crippen molar-refractivity contribution in [2.75, 3.05) is 11.1 Å². The highest BCUT2D eigenvalue weighted by Crippen LogP contribution is 2.36. The molecule has 2 aromatic carbocycles. The monoisotopic (exact) mass is 486 g/mol. The smallest absolute Gasteiger partial charge is 0.325 e. The molecule has 0 bridgehead atoms. The van der Waals surface area contributed by atoms with Crippen LogP contribution in [0.4, 0.5) is 23.2 Å². The van der Waals surface area contributed by atoms with Crippen LogP contribution in [0.25, 0.3) is 11.4 Å². The summed E-state index contributed by atoms with van der Waals surface area (Å²) < 4.78 is 55.7. The summed E-state index contributed by atoms with van der Waals surface area (Å²) in [5, 5.41) is 10.7. The Hall–Kier alpha value is -2.59. The molecular formula is C21H19ClF4N4OS. The number of halogens is 5. The molecule has 11 heteroatoms. The number of anilines is 1. The Labute approximate surface area is 191 Å². The van der Waals surface area contributed by atoms with Gasteiger partial charge in [0.1, 0.15) is 5.82 Å². The molecule has 0 aliphatic rings. The minimum atomic E-state index is -4.67. The van der Waals surface area contributed by atoms with E-state index in [4.69, 9.17) is 11.6 Å². The summed E-state index contributed by atoms with van der Waals surface area (Å²) in [6, 6.07) is 9.26. The van der Waals surface area contributed by atoms with Crippen molar-refractivity contribution in [1.82, 2.24) is 14.8 Å². The number of hydrogen-bond acceptors (Lipinski definition) is 4. The van der Waals surface area contributed by atoms with Crippen LogP contribution in [0.2, 0.25) is 5.02 Å². The molecule has 32 heavy (non-hydrogen) atoms. The Morgan fingerprint density at radius 3 is 2.56 bits per heavy atom. The molecular weight excluding hydrogens is 468 g/mol. The number of alkyl halides is 3. The average molecular weight is 487 g/mol. The third kappa shape index (κ3) is 5.80. The molecule has 0 fully saturated rings. The van der Waals surface area contributed by atoms with Gasteiger partial charge in [-0.05, 0) is 36.2 Å². The second kappa shape index (κ2) is 9.91. The molecule has 0 unspecified atom stereocenters. The Morgan fingerprint density at radius 1 is 1.19 bits per heavy atom. The van der Waals surface area contributed by atoms with Gasteiger partial charge in [0.2, 0.25) is 5.91 Å². The summed E-state index contributed by atoms with van der Waals surface area (Å²) in [6.45, 7) is 4.40. The summed E-state index contributed by atoms with van der Waals surface area (Å²) in [7, 11) is 0. The number of rotatable bonds is 7. The maximum absolute atomic E-state index is 14.3. The maximum atomic E-state index is 14.3. The topological polar surface area (TPSA) is 59.8 Å². The average Bonchev–Trinajstić information content (AvgIpc) is 3.09. The number of nitrogens with zero attached hydrogens (tertiary/aromatic N) is 3. The number of carbonyl (C=O) groups is 1. The molecule has 0 radical (unpaired) electrons. The van der Waals surface area contributed by atoms with E-state index in [1.165, 1.54) is 12.1 Å². The Morgan fingerprint density at radius 2 is 1.91 bits per heavy atom. The van der Waals surface area contributed by atoms with Crippen molar-refractivity contribution >= 4 is 35.0 Å². The third-order valence-corrected chi connectivity index (χ3v) is 5.47. The van der Waals surface area contributed by atoms with Crippen LogP contribution < -0.4 is 5.32 Å². The fourth-order valence-electron chi connectivity index (χ4n) is 2.94. The first kappa shape index (κ1) is 24.1. The molecule has 3 rings (SSSR count). The minimum Gasteiger partial charge on any atom is -0.325 e. The number of hydrogen-bond donors (Lipinski definition) is 1. The molecule has 5 nitrogen and oxygen atoms in total. The fourth-order valence-corrected chi connectivity index (χ4v) is 3.86. The molecule has 0 aliphatic heterocycles. The Bertz CT molecular complexity index is 1120. The molecule has 0 atom stereocenters. The van der Waals surface area contributed by atoms with Crippen molar-refractivity contribution in [2.24, 2.45) is 5.92 Å². The molecule has 0 saturated carbocycles. The van der Waals surface area contributed by atoms with Gasteiger partial charge in [-0.1, -0.05) is 49.3 Å². The van der Waals surface area contributed by atoms with Gasteiger partial charge in [-0.2, -0.15) is 13.2 Å². The third-order valence-electron chi connectivity index (χ3n) is 4.27. The van der Waals surface area contributed by atoms with Gasteiger partial charge in [0.05, 0.1) is 22.6 Å². The molecule has 0 saturated heterocycles. The molecule has 0 spiro atoms. The van der Waals surface area contributed by atoms with Gasteiger partial charge in [0, 0.05) is 11.6 Å². The van der Waals surface area contributed by atoms with Gasteiger partial charge in [-0.3, -0.25) is 4.79 Å². The van der Waals surface area contributed by atoms with E-state index in [2.05, 4.69) is 15.5 Å². The Kier molecular flexibility index (Phi) is 7.45. The van der Waals surface area contributed by atoms with Gasteiger partial charge in [-0.25, -0.2) is 4.39 Å². The summed E-state index contributed by atoms with van der Waals surface area (Å²) in [6.07, 6.45) is -4.67. The van der Waals surface area contributed by atoms with Crippen LogP contribution in [0.1, 0.15) is 19.4 Å². The number of nitrogens with one attached hydrogen (secondary N) is 1. The standard InChI is InChI=1S/C21H19ClF4N4OS/c1-12(2)10-30-19(14-5-3-4-6-16(14)23)28-29-20(30)32-11-18(31)27-17-8-7-13(22)9-15(17)21(24,25)26/h3-9,12H,10-11H2,1-2H3,(H,27,31). The van der Waals surface area contributed by atoms with Crippen LogP contribution in [0, 0.1) is 11.7 Å². The van der Waals surface area contributed by atoms with E-state index >= 15 is 0 Å². The predicted octanol–water partition coefficient (Wildman–Crippen LogP) is 6.14. The van der Waals surface area contributed by atoms with Crippen molar-refractivity contribution in [3.8, 4) is 11.4 Å². The number of benzene rings is 2. The Balaban J connectivity index is 1.79. The molecule has 1 N–H and O–H groups in total. The first-order chi connectivity index (χ1) is 15.1. The molecule has 3 aromatic rings. The lowest BCUT2D eigenvalue weighted by Crippen LogP contribution is -2.18. The molecule has 0 aliphatic carbocycles. The van der Waals surface area contributed by atoms with Gasteiger partial charge < -0.3 is 9.88 Å². The molecule has 170 valence electrons. The molecule has 1 amide bonds. The van der Waals surface area contributed by atoms with Crippen molar-refractivity contribution in [2.45, 2.75) is 31.7 Å². The van der Waals surface area contributed by atoms with Crippen LogP contribution in [0.15, 0.2) is 47.6 Å². The van der Waals surface area contributed by atoms with Crippen LogP contribution in [-0.4, -0.2) is 26.4 Å². The van der Waals surface area contributed by atoms with Crippen molar-refractivity contribution in [1.29, 1.82) is 0 Å². The molecule has 1 heterocycles. The number of amides is 1. The van der Waals surface area contributed by atoms with Crippen molar-refractivity contribution < 1.29 is 22.4 Å². The number of carbonyl (C=O) groups excluding carboxylic acids is 1. The van der Waals surface area contributed by atoms with E-state index < -0.39 is 23.5 Å². The van der Waals surface area contributed by atoms with E-state index in [0.717, 1.165) is 23.9 Å². The zero-order valence-corrected chi connectivity index (χ0v) is 18.7. The van der Waals surface area contributed by atoms with Crippen LogP contribution in [0.5, 0.6) is 0 Å². The minimum absolute atomic E-state index is 0.0906. The quantitative estimate of drug-likeness (QED) is 0.322. The highest BCUT2D eigenvalue weighted by Gasteiger charge is 2.34. The lowest BCUT2D eigenvalue weighted by molar-refractivity contribution is -0.137. The molecule has 1 aromatic heterocycles. The van der Waals surface area contributed by atoms with Crippen LogP contribution in [0.3, 0.4) is 0 Å². The first-order valence-corrected chi connectivity index (χ1v) is 10.9. The maximum Gasteiger partial charge on any atom is 0.418 e. The SMILES string of the molecule is CC(C)Cn1c(SCC(=O)Nc2ccc(Cl)cc2C(F)(F)F)nnc1-c1ccccc1F. The van der Waals surface area contributed by atoms with Crippen molar-refractivity contribution in [3.05, 3.63) is 58.9 Å². The largest absolute Gasteiger partial charge is 0.418 e. The predicted molar refractivity (Wildman–Crippen MR) is 116 cm³/mol. The summed E-state index contributed by atoms with van der Waals surface area (Å²) in [4.78, 5) is 12.4. The fraction of sp³-hybridized carbons (Fsp3) is 0.286. The van der Waals surface area contributed by atoms with Gasteiger partial charge in [0.15, 0.2) is 11.0 Å². The van der Waals surface area contributed by atoms with Crippen LogP contribution >= 0.6 is 23.4 Å². The van der Waals surface area contributed by atoms with E-state index in [1.807, 2.05) is 13.8 Å². The van der Waals surface area contributed by atoms with E-state index in [9.17, 15) is 22.4 Å². The normalized spacial score (nSPS) is 11.8. The summed E-state index contributed by atoms with van der Waals surface area (Å²) in [5.74, 6) is -0.839. The first-order valence-electron chi connectivity index (χ1n) is 9.53. The highest BCUT2D eigenvalue weighted by atomic mass is 35.5.